The lowest BCUT2D eigenvalue weighted by Crippen LogP contribution is -2.55. The Morgan fingerprint density at radius 2 is 1.76 bits per heavy atom. The number of hydrogen-bond donors (Lipinski definition) is 1. The Labute approximate surface area is 196 Å². The summed E-state index contributed by atoms with van der Waals surface area (Å²) in [5.74, 6) is -0.363. The minimum absolute atomic E-state index is 0.347. The van der Waals surface area contributed by atoms with Crippen LogP contribution in [-0.2, 0) is 4.79 Å². The van der Waals surface area contributed by atoms with E-state index in [-0.39, 0.29) is 11.1 Å². The lowest BCUT2D eigenvalue weighted by Gasteiger charge is -2.43. The second-order valence-electron chi connectivity index (χ2n) is 8.67. The van der Waals surface area contributed by atoms with Crippen LogP contribution in [0.15, 0.2) is 53.7 Å². The van der Waals surface area contributed by atoms with E-state index in [1.54, 1.807) is 12.4 Å². The van der Waals surface area contributed by atoms with Crippen molar-refractivity contribution < 1.29 is 9.59 Å². The van der Waals surface area contributed by atoms with Crippen molar-refractivity contribution >= 4 is 45.6 Å². The standard InChI is InChI=1S/C25H25N5O2S/c1-15-12-30(13-16(2)29(15)3)19-7-5-18(6-8-19)23-20-10-17(4-9-21(20)26-14-27-23)11-22-24(31)28-25(32)33-22/h4-11,14-16H,12-13H2,1-3H3,(H,28,31,32)/t15-,16+. The van der Waals surface area contributed by atoms with Gasteiger partial charge in [-0.2, -0.15) is 0 Å². The molecule has 1 aromatic heterocycles. The molecule has 0 radical (unpaired) electrons. The molecule has 33 heavy (non-hydrogen) atoms. The van der Waals surface area contributed by atoms with E-state index >= 15 is 0 Å². The van der Waals surface area contributed by atoms with Crippen LogP contribution in [0, 0.1) is 0 Å². The van der Waals surface area contributed by atoms with Crippen molar-refractivity contribution in [1.82, 2.24) is 20.2 Å². The van der Waals surface area contributed by atoms with Crippen LogP contribution in [0.1, 0.15) is 19.4 Å². The van der Waals surface area contributed by atoms with E-state index in [0.717, 1.165) is 52.6 Å². The number of likely N-dealkylation sites (N-methyl/N-ethyl adjacent to an activating group) is 1. The zero-order chi connectivity index (χ0) is 23.1. The molecule has 3 heterocycles. The summed E-state index contributed by atoms with van der Waals surface area (Å²) in [6.07, 6.45) is 3.30. The number of anilines is 1. The molecule has 7 nitrogen and oxygen atoms in total. The summed E-state index contributed by atoms with van der Waals surface area (Å²) < 4.78 is 0. The SMILES string of the molecule is C[C@@H]1CN(c2ccc(-c3ncnc4ccc(C=C5SC(=O)NC5=O)cc34)cc2)C[C@H](C)N1C. The highest BCUT2D eigenvalue weighted by Crippen LogP contribution is 2.31. The maximum atomic E-state index is 11.9. The van der Waals surface area contributed by atoms with Gasteiger partial charge in [-0.25, -0.2) is 9.97 Å². The molecule has 0 saturated carbocycles. The zero-order valence-electron chi connectivity index (χ0n) is 18.8. The second-order valence-corrected chi connectivity index (χ2v) is 9.68. The number of nitrogens with one attached hydrogen (secondary N) is 1. The van der Waals surface area contributed by atoms with Crippen molar-refractivity contribution in [3.05, 3.63) is 59.3 Å². The molecule has 2 fully saturated rings. The van der Waals surface area contributed by atoms with Gasteiger partial charge in [0, 0.05) is 41.8 Å². The van der Waals surface area contributed by atoms with Crippen molar-refractivity contribution in [3.8, 4) is 11.3 Å². The molecule has 3 aromatic rings. The fourth-order valence-corrected chi connectivity index (χ4v) is 5.09. The normalized spacial score (nSPS) is 22.9. The Morgan fingerprint density at radius 1 is 1.03 bits per heavy atom. The van der Waals surface area contributed by atoms with Crippen LogP contribution >= 0.6 is 11.8 Å². The predicted molar refractivity (Wildman–Crippen MR) is 133 cm³/mol. The highest BCUT2D eigenvalue weighted by molar-refractivity contribution is 8.18. The quantitative estimate of drug-likeness (QED) is 0.590. The van der Waals surface area contributed by atoms with E-state index in [0.29, 0.717) is 17.0 Å². The third-order valence-corrected chi connectivity index (χ3v) is 7.28. The summed E-state index contributed by atoms with van der Waals surface area (Å²) in [6, 6.07) is 15.3. The molecule has 2 aromatic carbocycles. The average molecular weight is 460 g/mol. The molecule has 2 aliphatic heterocycles. The summed E-state index contributed by atoms with van der Waals surface area (Å²) >= 11 is 0.913. The summed E-state index contributed by atoms with van der Waals surface area (Å²) in [5.41, 5.74) is 4.71. The monoisotopic (exact) mass is 459 g/mol. The fourth-order valence-electron chi connectivity index (χ4n) is 4.41. The molecular formula is C25H25N5O2S. The molecule has 2 saturated heterocycles. The Morgan fingerprint density at radius 3 is 2.42 bits per heavy atom. The van der Waals surface area contributed by atoms with Crippen LogP contribution in [-0.4, -0.2) is 58.2 Å². The van der Waals surface area contributed by atoms with Gasteiger partial charge in [0.25, 0.3) is 11.1 Å². The van der Waals surface area contributed by atoms with Gasteiger partial charge in [0.2, 0.25) is 0 Å². The predicted octanol–water partition coefficient (Wildman–Crippen LogP) is 4.15. The Balaban J connectivity index is 1.46. The van der Waals surface area contributed by atoms with Gasteiger partial charge in [0.15, 0.2) is 0 Å². The van der Waals surface area contributed by atoms with Gasteiger partial charge >= 0.3 is 0 Å². The second kappa shape index (κ2) is 8.61. The number of carbonyl (C=O) groups is 2. The molecule has 2 amide bonds. The summed E-state index contributed by atoms with van der Waals surface area (Å²) in [4.78, 5) is 37.6. The number of thioether (sulfide) groups is 1. The van der Waals surface area contributed by atoms with Crippen molar-refractivity contribution in [2.75, 3.05) is 25.0 Å². The van der Waals surface area contributed by atoms with Crippen LogP contribution in [0.25, 0.3) is 28.2 Å². The smallest absolute Gasteiger partial charge is 0.290 e. The van der Waals surface area contributed by atoms with Crippen LogP contribution in [0.4, 0.5) is 10.5 Å². The maximum Gasteiger partial charge on any atom is 0.290 e. The van der Waals surface area contributed by atoms with Crippen molar-refractivity contribution in [3.63, 3.8) is 0 Å². The Kier molecular flexibility index (Phi) is 5.64. The minimum atomic E-state index is -0.363. The summed E-state index contributed by atoms with van der Waals surface area (Å²) in [7, 11) is 2.19. The number of benzene rings is 2. The van der Waals surface area contributed by atoms with E-state index in [1.165, 1.54) is 5.69 Å². The third-order valence-electron chi connectivity index (χ3n) is 6.46. The minimum Gasteiger partial charge on any atom is -0.368 e. The van der Waals surface area contributed by atoms with Gasteiger partial charge in [-0.15, -0.1) is 0 Å². The summed E-state index contributed by atoms with van der Waals surface area (Å²) in [6.45, 7) is 6.53. The van der Waals surface area contributed by atoms with Gasteiger partial charge in [0.05, 0.1) is 16.1 Å². The van der Waals surface area contributed by atoms with Crippen molar-refractivity contribution in [2.45, 2.75) is 25.9 Å². The maximum absolute atomic E-state index is 11.9. The molecule has 168 valence electrons. The average Bonchev–Trinajstić information content (AvgIpc) is 3.13. The Hall–Kier alpha value is -3.23. The highest BCUT2D eigenvalue weighted by atomic mass is 32.2. The highest BCUT2D eigenvalue weighted by Gasteiger charge is 2.27. The molecular weight excluding hydrogens is 434 g/mol. The van der Waals surface area contributed by atoms with Crippen molar-refractivity contribution in [2.24, 2.45) is 0 Å². The van der Waals surface area contributed by atoms with Crippen LogP contribution in [0.5, 0.6) is 0 Å². The van der Waals surface area contributed by atoms with Gasteiger partial charge in [0.1, 0.15) is 6.33 Å². The van der Waals surface area contributed by atoms with E-state index < -0.39 is 0 Å². The molecule has 0 aliphatic carbocycles. The molecule has 2 atom stereocenters. The molecule has 1 N–H and O–H groups in total. The first-order chi connectivity index (χ1) is 15.9. The van der Waals surface area contributed by atoms with Crippen LogP contribution in [0.3, 0.4) is 0 Å². The molecule has 0 unspecified atom stereocenters. The molecule has 2 aliphatic rings. The van der Waals surface area contributed by atoms with E-state index in [2.05, 4.69) is 70.2 Å². The van der Waals surface area contributed by atoms with Gasteiger partial charge in [-0.1, -0.05) is 18.2 Å². The number of hydrogen-bond acceptors (Lipinski definition) is 7. The first-order valence-electron chi connectivity index (χ1n) is 11.0. The molecule has 0 spiro atoms. The number of aromatic nitrogens is 2. The summed E-state index contributed by atoms with van der Waals surface area (Å²) in [5, 5.41) is 2.84. The topological polar surface area (TPSA) is 78.4 Å². The zero-order valence-corrected chi connectivity index (χ0v) is 19.6. The first-order valence-corrected chi connectivity index (χ1v) is 11.8. The van der Waals surface area contributed by atoms with Gasteiger partial charge in [-0.3, -0.25) is 19.8 Å². The largest absolute Gasteiger partial charge is 0.368 e. The number of nitrogens with zero attached hydrogens (tertiary/aromatic N) is 4. The van der Waals surface area contributed by atoms with Crippen LogP contribution in [0.2, 0.25) is 0 Å². The molecule has 5 rings (SSSR count). The van der Waals surface area contributed by atoms with E-state index in [1.807, 2.05) is 18.2 Å². The third kappa shape index (κ3) is 4.24. The van der Waals surface area contributed by atoms with Crippen molar-refractivity contribution in [1.29, 1.82) is 0 Å². The van der Waals surface area contributed by atoms with E-state index in [4.69, 9.17) is 0 Å². The number of rotatable bonds is 3. The van der Waals surface area contributed by atoms with Gasteiger partial charge in [-0.05, 0) is 68.6 Å². The van der Waals surface area contributed by atoms with Crippen LogP contribution < -0.4 is 10.2 Å². The van der Waals surface area contributed by atoms with E-state index in [9.17, 15) is 9.59 Å². The number of carbonyl (C=O) groups excluding carboxylic acids is 2. The lowest BCUT2D eigenvalue weighted by molar-refractivity contribution is -0.115. The number of fused-ring (bicyclic) bond motifs is 1. The lowest BCUT2D eigenvalue weighted by atomic mass is 10.0. The number of imide groups is 1. The van der Waals surface area contributed by atoms with Gasteiger partial charge < -0.3 is 4.90 Å². The first kappa shape index (κ1) is 21.6. The fraction of sp³-hybridized carbons (Fsp3) is 0.280. The molecule has 8 heteroatoms. The number of piperazine rings is 1. The molecule has 0 bridgehead atoms. The Bertz CT molecular complexity index is 1260. The number of amides is 2.